The minimum Gasteiger partial charge on any atom is -0.480 e. The van der Waals surface area contributed by atoms with Gasteiger partial charge < -0.3 is 10.4 Å². The van der Waals surface area contributed by atoms with Crippen LogP contribution in [0, 0.1) is 0 Å². The summed E-state index contributed by atoms with van der Waals surface area (Å²) in [6.45, 7) is 2.91. The highest BCUT2D eigenvalue weighted by Crippen LogP contribution is 2.11. The van der Waals surface area contributed by atoms with Crippen LogP contribution in [0.5, 0.6) is 0 Å². The Balaban J connectivity index is 3.37. The lowest BCUT2D eigenvalue weighted by atomic mass is 10.1. The largest absolute Gasteiger partial charge is 0.480 e. The third kappa shape index (κ3) is 20.5. The number of hydrogen-bond acceptors (Lipinski definition) is 3. The number of aliphatic carboxylic acids is 1. The number of carboxylic acids is 1. The summed E-state index contributed by atoms with van der Waals surface area (Å²) in [5, 5.41) is 12.1. The summed E-state index contributed by atoms with van der Waals surface area (Å²) in [6.07, 6.45) is 25.4. The monoisotopic (exact) mass is 452 g/mol. The summed E-state index contributed by atoms with van der Waals surface area (Å²) in [4.78, 5) is 24.7. The third-order valence-electron chi connectivity index (χ3n) is 6.05. The SMILES string of the molecule is CCCCCCC/C=C/CCCCCCCCCC(=O)NCCCC[C@@H](C(=O)O)N(C)C. The first kappa shape index (κ1) is 30.6. The fourth-order valence-corrected chi connectivity index (χ4v) is 3.91. The number of rotatable bonds is 23. The average molecular weight is 453 g/mol. The van der Waals surface area contributed by atoms with Crippen molar-refractivity contribution in [3.63, 3.8) is 0 Å². The van der Waals surface area contributed by atoms with Crippen LogP contribution in [0.15, 0.2) is 12.2 Å². The summed E-state index contributed by atoms with van der Waals surface area (Å²) in [5.41, 5.74) is 0. The average Bonchev–Trinajstić information content (AvgIpc) is 2.75. The molecule has 0 aromatic heterocycles. The van der Waals surface area contributed by atoms with E-state index in [2.05, 4.69) is 24.4 Å². The van der Waals surface area contributed by atoms with E-state index in [4.69, 9.17) is 5.11 Å². The molecule has 0 aliphatic heterocycles. The van der Waals surface area contributed by atoms with Crippen LogP contribution in [0.1, 0.15) is 122 Å². The molecule has 1 amide bonds. The van der Waals surface area contributed by atoms with Gasteiger partial charge in [0.15, 0.2) is 0 Å². The Labute approximate surface area is 198 Å². The molecule has 0 aliphatic carbocycles. The summed E-state index contributed by atoms with van der Waals surface area (Å²) in [7, 11) is 3.58. The fraction of sp³-hybridized carbons (Fsp3) is 0.852. The number of unbranched alkanes of at least 4 members (excludes halogenated alkanes) is 13. The van der Waals surface area contributed by atoms with E-state index in [0.29, 0.717) is 19.4 Å². The molecular weight excluding hydrogens is 400 g/mol. The first-order valence-electron chi connectivity index (χ1n) is 13.3. The van der Waals surface area contributed by atoms with Gasteiger partial charge in [0.05, 0.1) is 0 Å². The second kappa shape index (κ2) is 22.8. The quantitative estimate of drug-likeness (QED) is 0.133. The fourth-order valence-electron chi connectivity index (χ4n) is 3.91. The third-order valence-corrected chi connectivity index (χ3v) is 6.05. The Hall–Kier alpha value is -1.36. The number of nitrogens with zero attached hydrogens (tertiary/aromatic N) is 1. The van der Waals surface area contributed by atoms with Crippen LogP contribution >= 0.6 is 0 Å². The summed E-state index contributed by atoms with van der Waals surface area (Å²) < 4.78 is 0. The lowest BCUT2D eigenvalue weighted by Gasteiger charge is -2.19. The van der Waals surface area contributed by atoms with E-state index in [0.717, 1.165) is 25.7 Å². The van der Waals surface area contributed by atoms with Crippen LogP contribution in [0.25, 0.3) is 0 Å². The van der Waals surface area contributed by atoms with Crippen LogP contribution in [0.4, 0.5) is 0 Å². The molecule has 5 nitrogen and oxygen atoms in total. The van der Waals surface area contributed by atoms with E-state index in [1.165, 1.54) is 77.0 Å². The number of likely N-dealkylation sites (N-methyl/N-ethyl adjacent to an activating group) is 1. The van der Waals surface area contributed by atoms with Crippen molar-refractivity contribution >= 4 is 11.9 Å². The van der Waals surface area contributed by atoms with E-state index in [-0.39, 0.29) is 5.91 Å². The van der Waals surface area contributed by atoms with Crippen molar-refractivity contribution in [3.8, 4) is 0 Å². The predicted molar refractivity (Wildman–Crippen MR) is 136 cm³/mol. The van der Waals surface area contributed by atoms with Crippen molar-refractivity contribution in [2.75, 3.05) is 20.6 Å². The molecule has 188 valence electrons. The van der Waals surface area contributed by atoms with Crippen molar-refractivity contribution in [2.24, 2.45) is 0 Å². The van der Waals surface area contributed by atoms with E-state index >= 15 is 0 Å². The zero-order valence-electron chi connectivity index (χ0n) is 21.4. The number of carbonyl (C=O) groups is 2. The molecule has 0 saturated carbocycles. The Morgan fingerprint density at radius 1 is 0.781 bits per heavy atom. The highest BCUT2D eigenvalue weighted by atomic mass is 16.4. The van der Waals surface area contributed by atoms with Gasteiger partial charge in [0.1, 0.15) is 6.04 Å². The zero-order chi connectivity index (χ0) is 23.9. The van der Waals surface area contributed by atoms with Crippen LogP contribution in [0.2, 0.25) is 0 Å². The van der Waals surface area contributed by atoms with Gasteiger partial charge in [0.25, 0.3) is 0 Å². The van der Waals surface area contributed by atoms with Gasteiger partial charge in [-0.1, -0.05) is 76.9 Å². The molecule has 0 radical (unpaired) electrons. The van der Waals surface area contributed by atoms with Crippen molar-refractivity contribution in [1.82, 2.24) is 10.2 Å². The summed E-state index contributed by atoms with van der Waals surface area (Å²) in [5.74, 6) is -0.649. The zero-order valence-corrected chi connectivity index (χ0v) is 21.4. The second-order valence-corrected chi connectivity index (χ2v) is 9.35. The topological polar surface area (TPSA) is 69.6 Å². The van der Waals surface area contributed by atoms with Gasteiger partial charge in [-0.05, 0) is 65.5 Å². The van der Waals surface area contributed by atoms with E-state index in [9.17, 15) is 9.59 Å². The number of hydrogen-bond donors (Lipinski definition) is 2. The molecule has 0 aliphatic rings. The van der Waals surface area contributed by atoms with Gasteiger partial charge in [0, 0.05) is 13.0 Å². The molecule has 0 fully saturated rings. The highest BCUT2D eigenvalue weighted by molar-refractivity contribution is 5.75. The maximum absolute atomic E-state index is 11.9. The summed E-state index contributed by atoms with van der Waals surface area (Å²) >= 11 is 0. The molecule has 32 heavy (non-hydrogen) atoms. The number of nitrogens with one attached hydrogen (secondary N) is 1. The standard InChI is InChI=1S/C27H52N2O3/c1-4-5-6-7-8-9-10-11-12-13-14-15-16-17-18-19-23-26(30)28-24-21-20-22-25(27(31)32)29(2)3/h10-11,25H,4-9,12-24H2,1-3H3,(H,28,30)(H,31,32)/b11-10+/t25-/m0/s1. The van der Waals surface area contributed by atoms with Crippen LogP contribution in [0.3, 0.4) is 0 Å². The maximum atomic E-state index is 11.9. The number of carbonyl (C=O) groups excluding carboxylic acids is 1. The van der Waals surface area contributed by atoms with Crippen molar-refractivity contribution in [2.45, 2.75) is 129 Å². The first-order valence-corrected chi connectivity index (χ1v) is 13.3. The van der Waals surface area contributed by atoms with Crippen molar-refractivity contribution in [1.29, 1.82) is 0 Å². The number of carboxylic acid groups (broad SMARTS) is 1. The van der Waals surface area contributed by atoms with Crippen LogP contribution < -0.4 is 5.32 Å². The smallest absolute Gasteiger partial charge is 0.320 e. The van der Waals surface area contributed by atoms with Gasteiger partial charge in [-0.25, -0.2) is 0 Å². The minimum atomic E-state index is -0.778. The lowest BCUT2D eigenvalue weighted by molar-refractivity contribution is -0.142. The van der Waals surface area contributed by atoms with E-state index < -0.39 is 12.0 Å². The molecule has 0 spiro atoms. The van der Waals surface area contributed by atoms with E-state index in [1.54, 1.807) is 19.0 Å². The van der Waals surface area contributed by atoms with E-state index in [1.807, 2.05) is 0 Å². The molecule has 2 N–H and O–H groups in total. The van der Waals surface area contributed by atoms with Crippen molar-refractivity contribution < 1.29 is 14.7 Å². The Morgan fingerprint density at radius 2 is 1.31 bits per heavy atom. The van der Waals surface area contributed by atoms with Gasteiger partial charge in [0.2, 0.25) is 5.91 Å². The Bertz CT molecular complexity index is 478. The van der Waals surface area contributed by atoms with Gasteiger partial charge >= 0.3 is 5.97 Å². The highest BCUT2D eigenvalue weighted by Gasteiger charge is 2.18. The molecule has 0 heterocycles. The molecular formula is C27H52N2O3. The molecule has 0 rings (SSSR count). The van der Waals surface area contributed by atoms with Crippen LogP contribution in [-0.2, 0) is 9.59 Å². The normalized spacial score (nSPS) is 12.5. The second-order valence-electron chi connectivity index (χ2n) is 9.35. The lowest BCUT2D eigenvalue weighted by Crippen LogP contribution is -2.35. The first-order chi connectivity index (χ1) is 15.5. The molecule has 1 atom stereocenters. The molecule has 5 heteroatoms. The molecule has 0 bridgehead atoms. The van der Waals surface area contributed by atoms with Crippen LogP contribution in [-0.4, -0.2) is 48.6 Å². The number of amides is 1. The Morgan fingerprint density at radius 3 is 1.84 bits per heavy atom. The van der Waals surface area contributed by atoms with Gasteiger partial charge in [-0.2, -0.15) is 0 Å². The minimum absolute atomic E-state index is 0.129. The molecule has 0 aromatic rings. The van der Waals surface area contributed by atoms with Gasteiger partial charge in [-0.15, -0.1) is 0 Å². The van der Waals surface area contributed by atoms with Gasteiger partial charge in [-0.3, -0.25) is 14.5 Å². The predicted octanol–water partition coefficient (Wildman–Crippen LogP) is 6.72. The summed E-state index contributed by atoms with van der Waals surface area (Å²) in [6, 6.07) is -0.438. The molecule has 0 saturated heterocycles. The number of allylic oxidation sites excluding steroid dienone is 2. The van der Waals surface area contributed by atoms with Crippen molar-refractivity contribution in [3.05, 3.63) is 12.2 Å². The molecule has 0 aromatic carbocycles. The molecule has 0 unspecified atom stereocenters. The Kier molecular flexibility index (Phi) is 21.9. The maximum Gasteiger partial charge on any atom is 0.320 e.